The van der Waals surface area contributed by atoms with Crippen LogP contribution in [0.4, 0.5) is 0 Å². The highest BCUT2D eigenvalue weighted by Gasteiger charge is 2.36. The van der Waals surface area contributed by atoms with Gasteiger partial charge < -0.3 is 0 Å². The van der Waals surface area contributed by atoms with Gasteiger partial charge in [0.2, 0.25) is 0 Å². The van der Waals surface area contributed by atoms with Gasteiger partial charge in [-0.25, -0.2) is 8.42 Å². The van der Waals surface area contributed by atoms with Crippen molar-refractivity contribution in [2.45, 2.75) is 25.7 Å². The van der Waals surface area contributed by atoms with Crippen LogP contribution in [0.2, 0.25) is 0 Å². The maximum atomic E-state index is 11.4. The Kier molecular flexibility index (Phi) is 4.11. The molecule has 0 radical (unpaired) electrons. The lowest BCUT2D eigenvalue weighted by molar-refractivity contribution is 0.379. The first-order valence-electron chi connectivity index (χ1n) is 5.03. The molecule has 0 aromatic carbocycles. The summed E-state index contributed by atoms with van der Waals surface area (Å²) in [6, 6.07) is 4.08. The summed E-state index contributed by atoms with van der Waals surface area (Å²) in [6.07, 6.45) is 2.10. The molecular weight excluding hydrogens is 212 g/mol. The van der Waals surface area contributed by atoms with Crippen LogP contribution in [0, 0.1) is 34.5 Å². The predicted molar refractivity (Wildman–Crippen MR) is 55.3 cm³/mol. The number of nitriles is 2. The van der Waals surface area contributed by atoms with E-state index in [4.69, 9.17) is 10.5 Å². The molecule has 0 aliphatic carbocycles. The van der Waals surface area contributed by atoms with Crippen LogP contribution in [0.15, 0.2) is 0 Å². The second-order valence-electron chi connectivity index (χ2n) is 3.99. The zero-order valence-corrected chi connectivity index (χ0v) is 9.33. The molecule has 1 aliphatic heterocycles. The molecule has 2 unspecified atom stereocenters. The molecule has 0 aromatic heterocycles. The molecule has 0 N–H and O–H groups in total. The highest BCUT2D eigenvalue weighted by atomic mass is 32.2. The molecule has 15 heavy (non-hydrogen) atoms. The molecule has 5 heteroatoms. The number of rotatable bonds is 4. The molecule has 0 amide bonds. The molecule has 82 valence electrons. The van der Waals surface area contributed by atoms with Gasteiger partial charge in [0, 0.05) is 12.8 Å². The molecule has 2 atom stereocenters. The van der Waals surface area contributed by atoms with E-state index >= 15 is 0 Å². The maximum absolute atomic E-state index is 11.4. The largest absolute Gasteiger partial charge is 0.229 e. The molecule has 1 rings (SSSR count). The Morgan fingerprint density at radius 2 is 1.40 bits per heavy atom. The van der Waals surface area contributed by atoms with E-state index in [9.17, 15) is 8.42 Å². The number of hydrogen-bond acceptors (Lipinski definition) is 4. The smallest absolute Gasteiger partial charge is 0.150 e. The van der Waals surface area contributed by atoms with Crippen molar-refractivity contribution in [1.29, 1.82) is 10.5 Å². The van der Waals surface area contributed by atoms with Crippen molar-refractivity contribution in [3.8, 4) is 12.1 Å². The summed E-state index contributed by atoms with van der Waals surface area (Å²) >= 11 is 0. The Balaban J connectivity index is 2.59. The van der Waals surface area contributed by atoms with Crippen LogP contribution in [0.5, 0.6) is 0 Å². The van der Waals surface area contributed by atoms with Crippen LogP contribution < -0.4 is 0 Å². The quantitative estimate of drug-likeness (QED) is 0.722. The minimum absolute atomic E-state index is 0.0861. The van der Waals surface area contributed by atoms with E-state index in [1.807, 2.05) is 12.1 Å². The van der Waals surface area contributed by atoms with Crippen molar-refractivity contribution in [3.63, 3.8) is 0 Å². The summed E-state index contributed by atoms with van der Waals surface area (Å²) in [5.41, 5.74) is 0. The number of nitrogens with zero attached hydrogens (tertiary/aromatic N) is 2. The first kappa shape index (κ1) is 12.0. The van der Waals surface area contributed by atoms with Crippen LogP contribution in [0.25, 0.3) is 0 Å². The first-order chi connectivity index (χ1) is 7.09. The zero-order valence-electron chi connectivity index (χ0n) is 8.52. The molecule has 1 saturated heterocycles. The molecule has 1 fully saturated rings. The molecule has 0 saturated carbocycles. The Morgan fingerprint density at radius 1 is 1.00 bits per heavy atom. The maximum Gasteiger partial charge on any atom is 0.150 e. The summed E-state index contributed by atoms with van der Waals surface area (Å²) in [7, 11) is -2.92. The van der Waals surface area contributed by atoms with Gasteiger partial charge in [0.05, 0.1) is 23.6 Å². The van der Waals surface area contributed by atoms with Crippen molar-refractivity contribution in [2.24, 2.45) is 11.8 Å². The van der Waals surface area contributed by atoms with Gasteiger partial charge in [-0.2, -0.15) is 10.5 Å². The lowest BCUT2D eigenvalue weighted by Gasteiger charge is -2.14. The topological polar surface area (TPSA) is 81.7 Å². The summed E-state index contributed by atoms with van der Waals surface area (Å²) in [5.74, 6) is 0.571. The standard InChI is InChI=1S/C10H14N2O2S/c11-5-1-3-9-7-15(13,14)8-10(9)4-2-6-12/h9-10H,1-4,7-8H2. The first-order valence-corrected chi connectivity index (χ1v) is 6.85. The van der Waals surface area contributed by atoms with Crippen LogP contribution in [0.1, 0.15) is 25.7 Å². The molecule has 0 spiro atoms. The third kappa shape index (κ3) is 3.53. The SMILES string of the molecule is N#CCCC1CS(=O)(=O)CC1CCC#N. The lowest BCUT2D eigenvalue weighted by Crippen LogP contribution is -2.11. The Morgan fingerprint density at radius 3 is 1.73 bits per heavy atom. The Bertz CT molecular complexity index is 357. The third-order valence-electron chi connectivity index (χ3n) is 2.86. The van der Waals surface area contributed by atoms with Gasteiger partial charge in [-0.15, -0.1) is 0 Å². The van der Waals surface area contributed by atoms with Crippen molar-refractivity contribution in [2.75, 3.05) is 11.5 Å². The van der Waals surface area contributed by atoms with Gasteiger partial charge in [0.15, 0.2) is 9.84 Å². The van der Waals surface area contributed by atoms with Crippen molar-refractivity contribution >= 4 is 9.84 Å². The minimum atomic E-state index is -2.92. The van der Waals surface area contributed by atoms with E-state index in [1.54, 1.807) is 0 Å². The van der Waals surface area contributed by atoms with Crippen molar-refractivity contribution in [3.05, 3.63) is 0 Å². The average molecular weight is 226 g/mol. The minimum Gasteiger partial charge on any atom is -0.229 e. The van der Waals surface area contributed by atoms with Crippen LogP contribution in [-0.2, 0) is 9.84 Å². The van der Waals surface area contributed by atoms with Gasteiger partial charge in [-0.3, -0.25) is 0 Å². The monoisotopic (exact) mass is 226 g/mol. The summed E-state index contributed by atoms with van der Waals surface area (Å²) in [5, 5.41) is 16.9. The summed E-state index contributed by atoms with van der Waals surface area (Å²) in [4.78, 5) is 0. The van der Waals surface area contributed by atoms with E-state index in [0.717, 1.165) is 0 Å². The van der Waals surface area contributed by atoms with E-state index in [-0.39, 0.29) is 23.3 Å². The van der Waals surface area contributed by atoms with E-state index in [2.05, 4.69) is 0 Å². The van der Waals surface area contributed by atoms with E-state index in [0.29, 0.717) is 25.7 Å². The van der Waals surface area contributed by atoms with Gasteiger partial charge in [-0.1, -0.05) is 0 Å². The fourth-order valence-corrected chi connectivity index (χ4v) is 4.45. The van der Waals surface area contributed by atoms with Gasteiger partial charge >= 0.3 is 0 Å². The zero-order chi connectivity index (χ0) is 11.3. The number of hydrogen-bond donors (Lipinski definition) is 0. The summed E-state index contributed by atoms with van der Waals surface area (Å²) in [6.45, 7) is 0. The van der Waals surface area contributed by atoms with Gasteiger partial charge in [-0.05, 0) is 24.7 Å². The van der Waals surface area contributed by atoms with Crippen molar-refractivity contribution < 1.29 is 8.42 Å². The Labute approximate surface area is 90.4 Å². The third-order valence-corrected chi connectivity index (χ3v) is 4.73. The van der Waals surface area contributed by atoms with Crippen LogP contribution in [0.3, 0.4) is 0 Å². The molecule has 1 aliphatic rings. The second kappa shape index (κ2) is 5.14. The lowest BCUT2D eigenvalue weighted by atomic mass is 9.88. The van der Waals surface area contributed by atoms with E-state index < -0.39 is 9.84 Å². The molecule has 1 heterocycles. The number of sulfone groups is 1. The average Bonchev–Trinajstić information content (AvgIpc) is 2.47. The van der Waals surface area contributed by atoms with Crippen molar-refractivity contribution in [1.82, 2.24) is 0 Å². The summed E-state index contributed by atoms with van der Waals surface area (Å²) < 4.78 is 22.8. The molecular formula is C10H14N2O2S. The fourth-order valence-electron chi connectivity index (χ4n) is 2.13. The van der Waals surface area contributed by atoms with Crippen LogP contribution in [-0.4, -0.2) is 19.9 Å². The highest BCUT2D eigenvalue weighted by molar-refractivity contribution is 7.91. The normalized spacial score (nSPS) is 28.1. The molecule has 0 bridgehead atoms. The Hall–Kier alpha value is -1.07. The van der Waals surface area contributed by atoms with E-state index in [1.165, 1.54) is 0 Å². The molecule has 0 aromatic rings. The molecule has 4 nitrogen and oxygen atoms in total. The predicted octanol–water partition coefficient (Wildman–Crippen LogP) is 1.25. The van der Waals surface area contributed by atoms with Gasteiger partial charge in [0.1, 0.15) is 0 Å². The van der Waals surface area contributed by atoms with Crippen LogP contribution >= 0.6 is 0 Å². The highest BCUT2D eigenvalue weighted by Crippen LogP contribution is 2.32. The fraction of sp³-hybridized carbons (Fsp3) is 0.800. The second-order valence-corrected chi connectivity index (χ2v) is 6.14. The van der Waals surface area contributed by atoms with Gasteiger partial charge in [0.25, 0.3) is 0 Å².